The number of nitrogens with zero attached hydrogens (tertiary/aromatic N) is 3. The largest absolute Gasteiger partial charge is 0.316 e. The van der Waals surface area contributed by atoms with Crippen LogP contribution < -0.4 is 5.32 Å². The van der Waals surface area contributed by atoms with Gasteiger partial charge in [0.2, 0.25) is 0 Å². The van der Waals surface area contributed by atoms with Crippen molar-refractivity contribution in [1.82, 2.24) is 15.1 Å². The molecule has 0 saturated carbocycles. The van der Waals surface area contributed by atoms with Gasteiger partial charge >= 0.3 is 5.69 Å². The van der Waals surface area contributed by atoms with Crippen LogP contribution in [0.3, 0.4) is 0 Å². The van der Waals surface area contributed by atoms with Crippen molar-refractivity contribution in [3.8, 4) is 0 Å². The number of piperidine rings is 1. The fourth-order valence-corrected chi connectivity index (χ4v) is 2.64. The second-order valence-corrected chi connectivity index (χ2v) is 5.00. The Bertz CT molecular complexity index is 436. The molecule has 1 N–H and O–H groups in total. The van der Waals surface area contributed by atoms with Gasteiger partial charge < -0.3 is 5.32 Å². The van der Waals surface area contributed by atoms with Crippen LogP contribution in [0.5, 0.6) is 0 Å². The molecule has 2 heterocycles. The maximum absolute atomic E-state index is 10.9. The SMILES string of the molecule is Cc1nn(CCC2CCCNC2)c(C)c1[N+](=O)[O-]. The number of hydrogen-bond acceptors (Lipinski definition) is 4. The zero-order valence-electron chi connectivity index (χ0n) is 11.0. The van der Waals surface area contributed by atoms with Gasteiger partial charge in [-0.3, -0.25) is 14.8 Å². The maximum Gasteiger partial charge on any atom is 0.312 e. The number of hydrogen-bond donors (Lipinski definition) is 1. The number of rotatable bonds is 4. The van der Waals surface area contributed by atoms with Gasteiger partial charge in [0.15, 0.2) is 0 Å². The van der Waals surface area contributed by atoms with E-state index in [-0.39, 0.29) is 10.6 Å². The highest BCUT2D eigenvalue weighted by Crippen LogP contribution is 2.23. The molecule has 0 spiro atoms. The van der Waals surface area contributed by atoms with Crippen LogP contribution in [-0.4, -0.2) is 27.8 Å². The van der Waals surface area contributed by atoms with E-state index in [4.69, 9.17) is 0 Å². The lowest BCUT2D eigenvalue weighted by atomic mass is 9.96. The van der Waals surface area contributed by atoms with Crippen molar-refractivity contribution in [2.45, 2.75) is 39.7 Å². The minimum absolute atomic E-state index is 0.164. The molecule has 6 nitrogen and oxygen atoms in total. The summed E-state index contributed by atoms with van der Waals surface area (Å²) in [4.78, 5) is 10.6. The van der Waals surface area contributed by atoms with Gasteiger partial charge in [-0.05, 0) is 52.1 Å². The molecule has 1 atom stereocenters. The Morgan fingerprint density at radius 1 is 1.56 bits per heavy atom. The van der Waals surface area contributed by atoms with Crippen LogP contribution in [0, 0.1) is 29.9 Å². The van der Waals surface area contributed by atoms with E-state index in [0.29, 0.717) is 17.3 Å². The second kappa shape index (κ2) is 5.48. The van der Waals surface area contributed by atoms with E-state index in [2.05, 4.69) is 10.4 Å². The predicted octanol–water partition coefficient (Wildman–Crippen LogP) is 1.80. The van der Waals surface area contributed by atoms with Crippen LogP contribution in [0.2, 0.25) is 0 Å². The van der Waals surface area contributed by atoms with E-state index in [1.165, 1.54) is 12.8 Å². The molecular formula is C12H20N4O2. The summed E-state index contributed by atoms with van der Waals surface area (Å²) in [5.74, 6) is 0.668. The van der Waals surface area contributed by atoms with Crippen LogP contribution in [0.4, 0.5) is 5.69 Å². The third kappa shape index (κ3) is 2.69. The van der Waals surface area contributed by atoms with E-state index in [1.807, 2.05) is 0 Å². The predicted molar refractivity (Wildman–Crippen MR) is 68.6 cm³/mol. The van der Waals surface area contributed by atoms with Crippen LogP contribution in [0.15, 0.2) is 0 Å². The van der Waals surface area contributed by atoms with Crippen molar-refractivity contribution in [3.05, 3.63) is 21.5 Å². The van der Waals surface area contributed by atoms with Crippen LogP contribution in [0.1, 0.15) is 30.7 Å². The molecule has 100 valence electrons. The minimum atomic E-state index is -0.337. The van der Waals surface area contributed by atoms with Crippen molar-refractivity contribution in [1.29, 1.82) is 0 Å². The maximum atomic E-state index is 10.9. The van der Waals surface area contributed by atoms with E-state index < -0.39 is 0 Å². The highest BCUT2D eigenvalue weighted by Gasteiger charge is 2.22. The van der Waals surface area contributed by atoms with Crippen molar-refractivity contribution in [2.24, 2.45) is 5.92 Å². The molecular weight excluding hydrogens is 232 g/mol. The Balaban J connectivity index is 2.01. The minimum Gasteiger partial charge on any atom is -0.316 e. The fraction of sp³-hybridized carbons (Fsp3) is 0.750. The average Bonchev–Trinajstić information content (AvgIpc) is 2.63. The molecule has 0 aliphatic carbocycles. The molecule has 1 saturated heterocycles. The molecule has 0 radical (unpaired) electrons. The van der Waals surface area contributed by atoms with Gasteiger partial charge in [0, 0.05) is 6.54 Å². The zero-order chi connectivity index (χ0) is 13.1. The summed E-state index contributed by atoms with van der Waals surface area (Å²) in [6, 6.07) is 0. The third-order valence-electron chi connectivity index (χ3n) is 3.67. The van der Waals surface area contributed by atoms with E-state index in [9.17, 15) is 10.1 Å². The smallest absolute Gasteiger partial charge is 0.312 e. The van der Waals surface area contributed by atoms with Crippen LogP contribution >= 0.6 is 0 Å². The van der Waals surface area contributed by atoms with Crippen molar-refractivity contribution < 1.29 is 4.92 Å². The average molecular weight is 252 g/mol. The normalized spacial score (nSPS) is 20.0. The molecule has 0 bridgehead atoms. The van der Waals surface area contributed by atoms with Crippen LogP contribution in [-0.2, 0) is 6.54 Å². The molecule has 1 aliphatic rings. The Morgan fingerprint density at radius 3 is 2.89 bits per heavy atom. The quantitative estimate of drug-likeness (QED) is 0.655. The number of aromatic nitrogens is 2. The second-order valence-electron chi connectivity index (χ2n) is 5.00. The van der Waals surface area contributed by atoms with Gasteiger partial charge in [0.05, 0.1) is 4.92 Å². The molecule has 1 aromatic heterocycles. The summed E-state index contributed by atoms with van der Waals surface area (Å²) in [5, 5.41) is 18.6. The topological polar surface area (TPSA) is 73.0 Å². The number of aryl methyl sites for hydroxylation is 2. The monoisotopic (exact) mass is 252 g/mol. The van der Waals surface area contributed by atoms with Crippen molar-refractivity contribution >= 4 is 5.69 Å². The first kappa shape index (κ1) is 13.0. The third-order valence-corrected chi connectivity index (χ3v) is 3.67. The summed E-state index contributed by atoms with van der Waals surface area (Å²) in [7, 11) is 0. The Hall–Kier alpha value is -1.43. The van der Waals surface area contributed by atoms with E-state index >= 15 is 0 Å². The lowest BCUT2D eigenvalue weighted by molar-refractivity contribution is -0.386. The highest BCUT2D eigenvalue weighted by atomic mass is 16.6. The van der Waals surface area contributed by atoms with Crippen LogP contribution in [0.25, 0.3) is 0 Å². The molecule has 0 aromatic carbocycles. The Kier molecular flexibility index (Phi) is 3.96. The Labute approximate surface area is 107 Å². The molecule has 1 aromatic rings. The molecule has 18 heavy (non-hydrogen) atoms. The van der Waals surface area contributed by atoms with Gasteiger partial charge in [-0.2, -0.15) is 5.10 Å². The first-order chi connectivity index (χ1) is 8.59. The van der Waals surface area contributed by atoms with Gasteiger partial charge in [-0.15, -0.1) is 0 Å². The summed E-state index contributed by atoms with van der Waals surface area (Å²) < 4.78 is 1.78. The highest BCUT2D eigenvalue weighted by molar-refractivity contribution is 5.39. The summed E-state index contributed by atoms with van der Waals surface area (Å²) in [6.07, 6.45) is 3.50. The zero-order valence-corrected chi connectivity index (χ0v) is 11.0. The van der Waals surface area contributed by atoms with E-state index in [1.54, 1.807) is 18.5 Å². The summed E-state index contributed by atoms with van der Waals surface area (Å²) >= 11 is 0. The van der Waals surface area contributed by atoms with Gasteiger partial charge in [-0.1, -0.05) is 0 Å². The number of nitrogens with one attached hydrogen (secondary N) is 1. The number of nitro groups is 1. The van der Waals surface area contributed by atoms with E-state index in [0.717, 1.165) is 26.1 Å². The lowest BCUT2D eigenvalue weighted by Crippen LogP contribution is -2.30. The first-order valence-corrected chi connectivity index (χ1v) is 6.48. The molecule has 6 heteroatoms. The molecule has 1 fully saturated rings. The summed E-state index contributed by atoms with van der Waals surface area (Å²) in [6.45, 7) is 6.41. The van der Waals surface area contributed by atoms with Gasteiger partial charge in [0.1, 0.15) is 11.4 Å². The summed E-state index contributed by atoms with van der Waals surface area (Å²) in [5.41, 5.74) is 1.34. The first-order valence-electron chi connectivity index (χ1n) is 6.48. The van der Waals surface area contributed by atoms with Crippen molar-refractivity contribution in [2.75, 3.05) is 13.1 Å². The van der Waals surface area contributed by atoms with Gasteiger partial charge in [-0.25, -0.2) is 0 Å². The fourth-order valence-electron chi connectivity index (χ4n) is 2.64. The molecule has 1 unspecified atom stereocenters. The molecule has 0 amide bonds. The standard InChI is InChI=1S/C12H20N4O2/c1-9-12(16(17)18)10(2)15(14-9)7-5-11-4-3-6-13-8-11/h11,13H,3-8H2,1-2H3. The van der Waals surface area contributed by atoms with Crippen molar-refractivity contribution in [3.63, 3.8) is 0 Å². The lowest BCUT2D eigenvalue weighted by Gasteiger charge is -2.22. The molecule has 1 aliphatic heterocycles. The van der Waals surface area contributed by atoms with Gasteiger partial charge in [0.25, 0.3) is 0 Å². The molecule has 2 rings (SSSR count). The Morgan fingerprint density at radius 2 is 2.33 bits per heavy atom.